The van der Waals surface area contributed by atoms with Gasteiger partial charge in [-0.1, -0.05) is 0 Å². The summed E-state index contributed by atoms with van der Waals surface area (Å²) < 4.78 is 0. The van der Waals surface area contributed by atoms with Crippen LogP contribution in [-0.4, -0.2) is 54.1 Å². The van der Waals surface area contributed by atoms with Crippen molar-refractivity contribution in [1.82, 2.24) is 9.80 Å². The maximum absolute atomic E-state index is 5.82. The van der Waals surface area contributed by atoms with Crippen LogP contribution in [0, 0.1) is 0 Å². The Morgan fingerprint density at radius 3 is 1.71 bits per heavy atom. The molecule has 3 aliphatic rings. The van der Waals surface area contributed by atoms with Crippen LogP contribution in [0.15, 0.2) is 0 Å². The Hall–Kier alpha value is -0.120. The molecule has 0 amide bonds. The first-order valence-electron chi connectivity index (χ1n) is 6.06. The molecular formula is C11H21N3. The summed E-state index contributed by atoms with van der Waals surface area (Å²) in [5, 5.41) is 0. The van der Waals surface area contributed by atoms with E-state index >= 15 is 0 Å². The predicted octanol–water partition coefficient (Wildman–Crippen LogP) is 0.256. The first-order valence-corrected chi connectivity index (χ1v) is 6.06. The summed E-state index contributed by atoms with van der Waals surface area (Å²) in [6.07, 6.45) is 5.38. The second-order valence-electron chi connectivity index (χ2n) is 5.19. The van der Waals surface area contributed by atoms with E-state index in [-0.39, 0.29) is 0 Å². The minimum Gasteiger partial charge on any atom is -0.328 e. The second-order valence-corrected chi connectivity index (χ2v) is 5.19. The number of nitrogens with two attached hydrogens (primary N) is 1. The molecule has 2 saturated carbocycles. The van der Waals surface area contributed by atoms with E-state index in [4.69, 9.17) is 5.73 Å². The standard InChI is InChI=1S/C11H21N3/c12-9-7-11(8-9)14-5-3-13(4-6-14)10-1-2-10/h9-11H,1-8,12H2. The van der Waals surface area contributed by atoms with Crippen molar-refractivity contribution in [2.24, 2.45) is 5.73 Å². The molecule has 0 bridgehead atoms. The maximum Gasteiger partial charge on any atom is 0.0126 e. The van der Waals surface area contributed by atoms with Crippen LogP contribution >= 0.6 is 0 Å². The van der Waals surface area contributed by atoms with Crippen LogP contribution in [0.1, 0.15) is 25.7 Å². The number of hydrogen-bond donors (Lipinski definition) is 1. The monoisotopic (exact) mass is 195 g/mol. The average molecular weight is 195 g/mol. The Labute approximate surface area is 86.2 Å². The third-order valence-electron chi connectivity index (χ3n) is 4.08. The molecule has 14 heavy (non-hydrogen) atoms. The molecule has 3 fully saturated rings. The Balaban J connectivity index is 1.45. The zero-order valence-electron chi connectivity index (χ0n) is 8.86. The maximum atomic E-state index is 5.82. The highest BCUT2D eigenvalue weighted by molar-refractivity contribution is 4.93. The molecular weight excluding hydrogens is 174 g/mol. The van der Waals surface area contributed by atoms with Crippen LogP contribution in [0.5, 0.6) is 0 Å². The van der Waals surface area contributed by atoms with Gasteiger partial charge in [-0.2, -0.15) is 0 Å². The van der Waals surface area contributed by atoms with Gasteiger partial charge in [0.1, 0.15) is 0 Å². The molecule has 0 radical (unpaired) electrons. The van der Waals surface area contributed by atoms with E-state index < -0.39 is 0 Å². The lowest BCUT2D eigenvalue weighted by Crippen LogP contribution is -2.57. The molecule has 0 unspecified atom stereocenters. The topological polar surface area (TPSA) is 32.5 Å². The predicted molar refractivity (Wildman–Crippen MR) is 57.2 cm³/mol. The van der Waals surface area contributed by atoms with E-state index in [2.05, 4.69) is 9.80 Å². The fourth-order valence-corrected chi connectivity index (χ4v) is 2.84. The summed E-state index contributed by atoms with van der Waals surface area (Å²) in [7, 11) is 0. The summed E-state index contributed by atoms with van der Waals surface area (Å²) in [4.78, 5) is 5.33. The quantitative estimate of drug-likeness (QED) is 0.686. The van der Waals surface area contributed by atoms with Crippen molar-refractivity contribution in [3.63, 3.8) is 0 Å². The molecule has 2 N–H and O–H groups in total. The van der Waals surface area contributed by atoms with Crippen molar-refractivity contribution in [2.45, 2.75) is 43.8 Å². The van der Waals surface area contributed by atoms with Gasteiger partial charge in [0.25, 0.3) is 0 Å². The largest absolute Gasteiger partial charge is 0.328 e. The van der Waals surface area contributed by atoms with Gasteiger partial charge in [0.2, 0.25) is 0 Å². The first kappa shape index (κ1) is 9.13. The highest BCUT2D eigenvalue weighted by atomic mass is 15.3. The summed E-state index contributed by atoms with van der Waals surface area (Å²) in [5.41, 5.74) is 5.82. The number of piperazine rings is 1. The fourth-order valence-electron chi connectivity index (χ4n) is 2.84. The third-order valence-corrected chi connectivity index (χ3v) is 4.08. The van der Waals surface area contributed by atoms with Gasteiger partial charge < -0.3 is 5.73 Å². The van der Waals surface area contributed by atoms with E-state index in [1.54, 1.807) is 0 Å². The Morgan fingerprint density at radius 2 is 1.29 bits per heavy atom. The van der Waals surface area contributed by atoms with Crippen molar-refractivity contribution in [2.75, 3.05) is 26.2 Å². The first-order chi connectivity index (χ1) is 6.83. The minimum absolute atomic E-state index is 0.501. The van der Waals surface area contributed by atoms with Gasteiger partial charge in [0, 0.05) is 44.3 Å². The van der Waals surface area contributed by atoms with E-state index in [1.165, 1.54) is 51.9 Å². The van der Waals surface area contributed by atoms with Crippen LogP contribution in [0.2, 0.25) is 0 Å². The van der Waals surface area contributed by atoms with Crippen molar-refractivity contribution in [3.8, 4) is 0 Å². The molecule has 1 aliphatic heterocycles. The molecule has 1 heterocycles. The summed E-state index contributed by atoms with van der Waals surface area (Å²) in [5.74, 6) is 0. The van der Waals surface area contributed by atoms with Crippen LogP contribution in [-0.2, 0) is 0 Å². The molecule has 0 spiro atoms. The summed E-state index contributed by atoms with van der Waals surface area (Å²) in [6.45, 7) is 5.18. The minimum atomic E-state index is 0.501. The van der Waals surface area contributed by atoms with Crippen LogP contribution in [0.4, 0.5) is 0 Å². The van der Waals surface area contributed by atoms with Crippen molar-refractivity contribution in [1.29, 1.82) is 0 Å². The Kier molecular flexibility index (Phi) is 2.26. The molecule has 80 valence electrons. The molecule has 0 aromatic heterocycles. The summed E-state index contributed by atoms with van der Waals surface area (Å²) in [6, 6.07) is 2.29. The van der Waals surface area contributed by atoms with E-state index in [0.29, 0.717) is 6.04 Å². The van der Waals surface area contributed by atoms with Gasteiger partial charge in [-0.05, 0) is 25.7 Å². The molecule has 3 rings (SSSR count). The van der Waals surface area contributed by atoms with Crippen LogP contribution < -0.4 is 5.73 Å². The van der Waals surface area contributed by atoms with Gasteiger partial charge in [-0.3, -0.25) is 9.80 Å². The molecule has 0 aromatic rings. The highest BCUT2D eigenvalue weighted by Gasteiger charge is 2.36. The summed E-state index contributed by atoms with van der Waals surface area (Å²) >= 11 is 0. The number of rotatable bonds is 2. The van der Waals surface area contributed by atoms with E-state index in [1.807, 2.05) is 0 Å². The SMILES string of the molecule is NC1CC(N2CCN(C3CC3)CC2)C1. The fraction of sp³-hybridized carbons (Fsp3) is 1.00. The van der Waals surface area contributed by atoms with Crippen LogP contribution in [0.25, 0.3) is 0 Å². The number of nitrogens with zero attached hydrogens (tertiary/aromatic N) is 2. The molecule has 3 heteroatoms. The molecule has 2 aliphatic carbocycles. The smallest absolute Gasteiger partial charge is 0.0126 e. The lowest BCUT2D eigenvalue weighted by Gasteiger charge is -2.45. The van der Waals surface area contributed by atoms with Crippen molar-refractivity contribution < 1.29 is 0 Å². The third kappa shape index (κ3) is 1.69. The van der Waals surface area contributed by atoms with Gasteiger partial charge in [0.05, 0.1) is 0 Å². The number of hydrogen-bond acceptors (Lipinski definition) is 3. The van der Waals surface area contributed by atoms with Gasteiger partial charge >= 0.3 is 0 Å². The molecule has 0 atom stereocenters. The normalized spacial score (nSPS) is 40.9. The lowest BCUT2D eigenvalue weighted by molar-refractivity contribution is 0.0499. The molecule has 3 nitrogen and oxygen atoms in total. The highest BCUT2D eigenvalue weighted by Crippen LogP contribution is 2.30. The van der Waals surface area contributed by atoms with Gasteiger partial charge in [-0.25, -0.2) is 0 Å². The van der Waals surface area contributed by atoms with Gasteiger partial charge in [-0.15, -0.1) is 0 Å². The lowest BCUT2D eigenvalue weighted by atomic mass is 9.86. The average Bonchev–Trinajstić information content (AvgIpc) is 2.97. The van der Waals surface area contributed by atoms with E-state index in [0.717, 1.165) is 12.1 Å². The second kappa shape index (κ2) is 3.47. The van der Waals surface area contributed by atoms with Crippen LogP contribution in [0.3, 0.4) is 0 Å². The van der Waals surface area contributed by atoms with E-state index in [9.17, 15) is 0 Å². The molecule has 1 saturated heterocycles. The zero-order chi connectivity index (χ0) is 9.54. The Morgan fingerprint density at radius 1 is 0.786 bits per heavy atom. The zero-order valence-corrected chi connectivity index (χ0v) is 8.86. The Bertz CT molecular complexity index is 201. The van der Waals surface area contributed by atoms with Gasteiger partial charge in [0.15, 0.2) is 0 Å². The van der Waals surface area contributed by atoms with Crippen molar-refractivity contribution >= 4 is 0 Å². The van der Waals surface area contributed by atoms with Crippen molar-refractivity contribution in [3.05, 3.63) is 0 Å². The molecule has 0 aromatic carbocycles.